The minimum Gasteiger partial charge on any atom is -0.480 e. The topological polar surface area (TPSA) is 98.7 Å². The van der Waals surface area contributed by atoms with Gasteiger partial charge in [0.2, 0.25) is 5.91 Å². The number of urea groups is 1. The quantitative estimate of drug-likeness (QED) is 0.625. The molecule has 7 nitrogen and oxygen atoms in total. The van der Waals surface area contributed by atoms with Crippen molar-refractivity contribution in [3.05, 3.63) is 0 Å². The predicted octanol–water partition coefficient (Wildman–Crippen LogP) is -0.373. The highest BCUT2D eigenvalue weighted by Gasteiger charge is 2.52. The summed E-state index contributed by atoms with van der Waals surface area (Å²) in [6.07, 6.45) is 0.903. The Morgan fingerprint density at radius 1 is 1.39 bits per heavy atom. The molecule has 102 valence electrons. The summed E-state index contributed by atoms with van der Waals surface area (Å²) in [4.78, 5) is 35.3. The number of carbonyl (C=O) groups excluding carboxylic acids is 2. The summed E-state index contributed by atoms with van der Waals surface area (Å²) in [5.74, 6) is -1.51. The zero-order chi connectivity index (χ0) is 13.9. The molecule has 0 aliphatic heterocycles. The Kier molecular flexibility index (Phi) is 4.15. The van der Waals surface area contributed by atoms with E-state index < -0.39 is 17.5 Å². The molecule has 1 aliphatic rings. The van der Waals surface area contributed by atoms with E-state index in [2.05, 4.69) is 10.6 Å². The highest BCUT2D eigenvalue weighted by atomic mass is 16.4. The van der Waals surface area contributed by atoms with Crippen LogP contribution in [0.5, 0.6) is 0 Å². The maximum atomic E-state index is 11.8. The maximum Gasteiger partial charge on any atom is 0.329 e. The van der Waals surface area contributed by atoms with Crippen molar-refractivity contribution in [3.63, 3.8) is 0 Å². The Morgan fingerprint density at radius 2 is 1.94 bits per heavy atom. The van der Waals surface area contributed by atoms with E-state index in [1.54, 1.807) is 6.92 Å². The van der Waals surface area contributed by atoms with E-state index in [1.807, 2.05) is 0 Å². The van der Waals surface area contributed by atoms with Crippen molar-refractivity contribution in [3.8, 4) is 0 Å². The standard InChI is InChI=1S/C11H19N3O4/c1-7(8(15)12-2)6-14(3)10(18)13-11(4-5-11)9(16)17/h7H,4-6H2,1-3H3,(H,12,15)(H,13,18)(H,16,17). The van der Waals surface area contributed by atoms with Gasteiger partial charge in [-0.1, -0.05) is 6.92 Å². The van der Waals surface area contributed by atoms with Gasteiger partial charge in [-0.25, -0.2) is 9.59 Å². The first-order valence-corrected chi connectivity index (χ1v) is 5.80. The van der Waals surface area contributed by atoms with E-state index in [0.29, 0.717) is 12.8 Å². The lowest BCUT2D eigenvalue weighted by Gasteiger charge is -2.23. The molecular weight excluding hydrogens is 238 g/mol. The number of carboxylic acids is 1. The first-order chi connectivity index (χ1) is 8.32. The van der Waals surface area contributed by atoms with E-state index >= 15 is 0 Å². The van der Waals surface area contributed by atoms with Crippen LogP contribution in [0.1, 0.15) is 19.8 Å². The highest BCUT2D eigenvalue weighted by molar-refractivity contribution is 5.89. The van der Waals surface area contributed by atoms with E-state index in [4.69, 9.17) is 5.11 Å². The minimum absolute atomic E-state index is 0.158. The van der Waals surface area contributed by atoms with Gasteiger partial charge >= 0.3 is 12.0 Å². The number of rotatable bonds is 5. The van der Waals surface area contributed by atoms with Gasteiger partial charge in [0.25, 0.3) is 0 Å². The Labute approximate surface area is 106 Å². The lowest BCUT2D eigenvalue weighted by Crippen LogP contribution is -2.50. The van der Waals surface area contributed by atoms with E-state index in [-0.39, 0.29) is 18.4 Å². The second kappa shape index (κ2) is 5.24. The SMILES string of the molecule is CNC(=O)C(C)CN(C)C(=O)NC1(C(=O)O)CC1. The molecule has 3 N–H and O–H groups in total. The van der Waals surface area contributed by atoms with Gasteiger partial charge in [-0.2, -0.15) is 0 Å². The van der Waals surface area contributed by atoms with Crippen LogP contribution in [0.4, 0.5) is 4.79 Å². The maximum absolute atomic E-state index is 11.8. The van der Waals surface area contributed by atoms with Crippen LogP contribution in [0, 0.1) is 5.92 Å². The molecule has 0 aromatic heterocycles. The third-order valence-electron chi connectivity index (χ3n) is 3.09. The second-order valence-corrected chi connectivity index (χ2v) is 4.71. The average molecular weight is 257 g/mol. The van der Waals surface area contributed by atoms with Crippen molar-refractivity contribution in [1.82, 2.24) is 15.5 Å². The van der Waals surface area contributed by atoms with Crippen LogP contribution in [-0.4, -0.2) is 54.1 Å². The summed E-state index contributed by atoms with van der Waals surface area (Å²) >= 11 is 0. The molecule has 0 aromatic rings. The van der Waals surface area contributed by atoms with E-state index in [9.17, 15) is 14.4 Å². The van der Waals surface area contributed by atoms with Crippen LogP contribution in [0.3, 0.4) is 0 Å². The van der Waals surface area contributed by atoms with Gasteiger partial charge in [0, 0.05) is 20.6 Å². The van der Waals surface area contributed by atoms with Crippen LogP contribution in [0.25, 0.3) is 0 Å². The van der Waals surface area contributed by atoms with Gasteiger partial charge < -0.3 is 20.6 Å². The van der Waals surface area contributed by atoms with Crippen LogP contribution in [0.15, 0.2) is 0 Å². The molecule has 1 saturated carbocycles. The van der Waals surface area contributed by atoms with Gasteiger partial charge in [-0.05, 0) is 12.8 Å². The summed E-state index contributed by atoms with van der Waals surface area (Å²) in [5, 5.41) is 13.9. The van der Waals surface area contributed by atoms with Crippen LogP contribution >= 0.6 is 0 Å². The molecule has 0 spiro atoms. The molecule has 1 aliphatic carbocycles. The smallest absolute Gasteiger partial charge is 0.329 e. The van der Waals surface area contributed by atoms with Crippen LogP contribution in [0.2, 0.25) is 0 Å². The normalized spacial score (nSPS) is 17.5. The number of hydrogen-bond donors (Lipinski definition) is 3. The fourth-order valence-electron chi connectivity index (χ4n) is 1.64. The Hall–Kier alpha value is -1.79. The molecule has 18 heavy (non-hydrogen) atoms. The molecule has 7 heteroatoms. The minimum atomic E-state index is -1.10. The van der Waals surface area contributed by atoms with E-state index in [1.165, 1.54) is 19.0 Å². The third-order valence-corrected chi connectivity index (χ3v) is 3.09. The number of nitrogens with one attached hydrogen (secondary N) is 2. The summed E-state index contributed by atoms with van der Waals surface area (Å²) in [6.45, 7) is 1.94. The molecule has 0 aromatic carbocycles. The number of amides is 3. The molecule has 3 amide bonds. The molecule has 1 fully saturated rings. The zero-order valence-corrected chi connectivity index (χ0v) is 10.8. The monoisotopic (exact) mass is 257 g/mol. The van der Waals surface area contributed by atoms with Gasteiger partial charge in [0.15, 0.2) is 0 Å². The van der Waals surface area contributed by atoms with Gasteiger partial charge in [0.1, 0.15) is 5.54 Å². The van der Waals surface area contributed by atoms with E-state index in [0.717, 1.165) is 0 Å². The van der Waals surface area contributed by atoms with Gasteiger partial charge in [-0.3, -0.25) is 4.79 Å². The van der Waals surface area contributed by atoms with Crippen molar-refractivity contribution in [2.24, 2.45) is 5.92 Å². The fraction of sp³-hybridized carbons (Fsp3) is 0.727. The van der Waals surface area contributed by atoms with Crippen LogP contribution < -0.4 is 10.6 Å². The molecular formula is C11H19N3O4. The Balaban J connectivity index is 2.47. The van der Waals surface area contributed by atoms with Crippen LogP contribution in [-0.2, 0) is 9.59 Å². The number of nitrogens with zero attached hydrogens (tertiary/aromatic N) is 1. The molecule has 1 rings (SSSR count). The Morgan fingerprint density at radius 3 is 2.33 bits per heavy atom. The summed E-state index contributed by atoms with van der Waals surface area (Å²) in [5.41, 5.74) is -1.10. The predicted molar refractivity (Wildman–Crippen MR) is 64.0 cm³/mol. The number of hydrogen-bond acceptors (Lipinski definition) is 3. The second-order valence-electron chi connectivity index (χ2n) is 4.71. The van der Waals surface area contributed by atoms with Gasteiger partial charge in [0.05, 0.1) is 5.92 Å². The molecule has 0 radical (unpaired) electrons. The molecule has 0 bridgehead atoms. The first kappa shape index (κ1) is 14.3. The first-order valence-electron chi connectivity index (χ1n) is 5.80. The molecule has 0 saturated heterocycles. The lowest BCUT2D eigenvalue weighted by atomic mass is 10.1. The molecule has 1 unspecified atom stereocenters. The molecule has 1 atom stereocenters. The van der Waals surface area contributed by atoms with Crippen molar-refractivity contribution < 1.29 is 19.5 Å². The van der Waals surface area contributed by atoms with Crippen molar-refractivity contribution in [1.29, 1.82) is 0 Å². The highest BCUT2D eigenvalue weighted by Crippen LogP contribution is 2.35. The van der Waals surface area contributed by atoms with Crippen molar-refractivity contribution >= 4 is 17.9 Å². The van der Waals surface area contributed by atoms with Crippen molar-refractivity contribution in [2.75, 3.05) is 20.6 Å². The summed E-state index contributed by atoms with van der Waals surface area (Å²) < 4.78 is 0. The largest absolute Gasteiger partial charge is 0.480 e. The molecule has 0 heterocycles. The van der Waals surface area contributed by atoms with Gasteiger partial charge in [-0.15, -0.1) is 0 Å². The number of carbonyl (C=O) groups is 3. The summed E-state index contributed by atoms with van der Waals surface area (Å²) in [6, 6.07) is -0.467. The lowest BCUT2D eigenvalue weighted by molar-refractivity contribution is -0.140. The average Bonchev–Trinajstić information content (AvgIpc) is 3.08. The third kappa shape index (κ3) is 3.12. The fourth-order valence-corrected chi connectivity index (χ4v) is 1.64. The number of carboxylic acid groups (broad SMARTS) is 1. The summed E-state index contributed by atoms with van der Waals surface area (Å²) in [7, 11) is 3.06. The number of aliphatic carboxylic acids is 1. The Bertz CT molecular complexity index is 365. The van der Waals surface area contributed by atoms with Crippen molar-refractivity contribution in [2.45, 2.75) is 25.3 Å². The zero-order valence-electron chi connectivity index (χ0n) is 10.8.